The minimum absolute atomic E-state index is 0.0371. The lowest BCUT2D eigenvalue weighted by Crippen LogP contribution is -2.33. The SMILES string of the molecule is CC(Cn1cccn1)C(=O)NCCc1csc(-c2ccncc2)n1. The maximum Gasteiger partial charge on any atom is 0.224 e. The molecular weight excluding hydrogens is 322 g/mol. The number of carbonyl (C=O) groups excluding carboxylic acids is 1. The first kappa shape index (κ1) is 16.3. The molecule has 0 fully saturated rings. The van der Waals surface area contributed by atoms with E-state index < -0.39 is 0 Å². The first-order valence-electron chi connectivity index (χ1n) is 7.82. The Morgan fingerprint density at radius 1 is 1.33 bits per heavy atom. The van der Waals surface area contributed by atoms with E-state index in [1.165, 1.54) is 0 Å². The number of amides is 1. The van der Waals surface area contributed by atoms with Crippen molar-refractivity contribution in [1.29, 1.82) is 0 Å². The highest BCUT2D eigenvalue weighted by molar-refractivity contribution is 7.13. The van der Waals surface area contributed by atoms with E-state index in [0.29, 0.717) is 13.1 Å². The van der Waals surface area contributed by atoms with Crippen LogP contribution in [0.5, 0.6) is 0 Å². The highest BCUT2D eigenvalue weighted by Gasteiger charge is 2.13. The Morgan fingerprint density at radius 2 is 2.17 bits per heavy atom. The number of hydrogen-bond donors (Lipinski definition) is 1. The number of nitrogens with one attached hydrogen (secondary N) is 1. The zero-order valence-electron chi connectivity index (χ0n) is 13.4. The number of pyridine rings is 1. The normalized spacial score (nSPS) is 12.0. The number of carbonyl (C=O) groups is 1. The van der Waals surface area contributed by atoms with Crippen LogP contribution < -0.4 is 5.32 Å². The van der Waals surface area contributed by atoms with E-state index in [-0.39, 0.29) is 11.8 Å². The number of hydrogen-bond acceptors (Lipinski definition) is 5. The molecule has 0 spiro atoms. The Morgan fingerprint density at radius 3 is 2.92 bits per heavy atom. The lowest BCUT2D eigenvalue weighted by Gasteiger charge is -2.11. The molecule has 0 aliphatic rings. The molecule has 0 aliphatic carbocycles. The molecule has 124 valence electrons. The third-order valence-corrected chi connectivity index (χ3v) is 4.57. The van der Waals surface area contributed by atoms with Crippen LogP contribution in [0, 0.1) is 5.92 Å². The van der Waals surface area contributed by atoms with Gasteiger partial charge in [0.05, 0.1) is 18.2 Å². The van der Waals surface area contributed by atoms with Crippen LogP contribution in [0.2, 0.25) is 0 Å². The van der Waals surface area contributed by atoms with Crippen molar-refractivity contribution in [1.82, 2.24) is 25.1 Å². The van der Waals surface area contributed by atoms with E-state index in [9.17, 15) is 4.79 Å². The van der Waals surface area contributed by atoms with Crippen LogP contribution in [-0.2, 0) is 17.8 Å². The molecule has 6 nitrogen and oxygen atoms in total. The van der Waals surface area contributed by atoms with E-state index in [2.05, 4.69) is 20.4 Å². The molecule has 0 saturated heterocycles. The van der Waals surface area contributed by atoms with Gasteiger partial charge in [0.2, 0.25) is 5.91 Å². The van der Waals surface area contributed by atoms with Gasteiger partial charge >= 0.3 is 0 Å². The van der Waals surface area contributed by atoms with Gasteiger partial charge < -0.3 is 5.32 Å². The summed E-state index contributed by atoms with van der Waals surface area (Å²) in [4.78, 5) is 20.7. The molecule has 1 unspecified atom stereocenters. The quantitative estimate of drug-likeness (QED) is 0.716. The molecule has 3 aromatic heterocycles. The standard InChI is InChI=1S/C17H19N5OS/c1-13(11-22-10-2-6-20-22)16(23)19-9-5-15-12-24-17(21-15)14-3-7-18-8-4-14/h2-4,6-8,10,12-13H,5,9,11H2,1H3,(H,19,23). The van der Waals surface area contributed by atoms with Crippen molar-refractivity contribution >= 4 is 17.2 Å². The van der Waals surface area contributed by atoms with Crippen LogP contribution in [0.3, 0.4) is 0 Å². The van der Waals surface area contributed by atoms with Gasteiger partial charge in [0, 0.05) is 48.7 Å². The number of rotatable bonds is 7. The van der Waals surface area contributed by atoms with Crippen LogP contribution in [-0.4, -0.2) is 32.2 Å². The van der Waals surface area contributed by atoms with E-state index in [4.69, 9.17) is 0 Å². The smallest absolute Gasteiger partial charge is 0.224 e. The summed E-state index contributed by atoms with van der Waals surface area (Å²) in [5.74, 6) is -0.0807. The minimum Gasteiger partial charge on any atom is -0.355 e. The fraction of sp³-hybridized carbons (Fsp3) is 0.294. The molecule has 3 heterocycles. The molecule has 1 N–H and O–H groups in total. The van der Waals surface area contributed by atoms with Gasteiger partial charge in [-0.25, -0.2) is 4.98 Å². The van der Waals surface area contributed by atoms with Crippen molar-refractivity contribution in [2.45, 2.75) is 19.9 Å². The van der Waals surface area contributed by atoms with Crippen LogP contribution in [0.15, 0.2) is 48.4 Å². The number of aromatic nitrogens is 4. The van der Waals surface area contributed by atoms with Crippen molar-refractivity contribution in [3.05, 3.63) is 54.1 Å². The van der Waals surface area contributed by atoms with Gasteiger partial charge in [-0.2, -0.15) is 5.10 Å². The van der Waals surface area contributed by atoms with Crippen LogP contribution >= 0.6 is 11.3 Å². The van der Waals surface area contributed by atoms with Crippen molar-refractivity contribution in [2.24, 2.45) is 5.92 Å². The Hall–Kier alpha value is -2.54. The van der Waals surface area contributed by atoms with Gasteiger partial charge in [-0.1, -0.05) is 6.92 Å². The average molecular weight is 341 g/mol. The van der Waals surface area contributed by atoms with Gasteiger partial charge in [0.25, 0.3) is 0 Å². The molecule has 0 saturated carbocycles. The Bertz CT molecular complexity index is 769. The van der Waals surface area contributed by atoms with Crippen LogP contribution in [0.1, 0.15) is 12.6 Å². The topological polar surface area (TPSA) is 72.7 Å². The molecule has 3 rings (SSSR count). The van der Waals surface area contributed by atoms with Gasteiger partial charge in [-0.05, 0) is 18.2 Å². The Kier molecular flexibility index (Phi) is 5.32. The van der Waals surface area contributed by atoms with E-state index in [1.54, 1.807) is 34.6 Å². The predicted octanol–water partition coefficient (Wildman–Crippen LogP) is 2.40. The lowest BCUT2D eigenvalue weighted by atomic mass is 10.1. The Balaban J connectivity index is 1.46. The van der Waals surface area contributed by atoms with E-state index in [1.807, 2.05) is 36.7 Å². The van der Waals surface area contributed by atoms with Crippen LogP contribution in [0.25, 0.3) is 10.6 Å². The van der Waals surface area contributed by atoms with E-state index in [0.717, 1.165) is 22.7 Å². The largest absolute Gasteiger partial charge is 0.355 e. The number of nitrogens with zero attached hydrogens (tertiary/aromatic N) is 4. The monoisotopic (exact) mass is 341 g/mol. The molecule has 0 bridgehead atoms. The van der Waals surface area contributed by atoms with Crippen molar-refractivity contribution in [3.63, 3.8) is 0 Å². The summed E-state index contributed by atoms with van der Waals surface area (Å²) in [6.45, 7) is 3.07. The van der Waals surface area contributed by atoms with Gasteiger partial charge in [0.15, 0.2) is 0 Å². The molecule has 0 radical (unpaired) electrons. The summed E-state index contributed by atoms with van der Waals surface area (Å²) in [5, 5.41) is 10.1. The Labute approximate surface area is 144 Å². The molecule has 24 heavy (non-hydrogen) atoms. The maximum absolute atomic E-state index is 12.1. The molecular formula is C17H19N5OS. The summed E-state index contributed by atoms with van der Waals surface area (Å²) in [5.41, 5.74) is 2.06. The van der Waals surface area contributed by atoms with Crippen molar-refractivity contribution in [2.75, 3.05) is 6.54 Å². The maximum atomic E-state index is 12.1. The summed E-state index contributed by atoms with van der Waals surface area (Å²) in [6.07, 6.45) is 7.82. The molecule has 3 aromatic rings. The number of thiazole rings is 1. The van der Waals surface area contributed by atoms with Gasteiger partial charge in [-0.3, -0.25) is 14.5 Å². The fourth-order valence-corrected chi connectivity index (χ4v) is 3.17. The first-order valence-corrected chi connectivity index (χ1v) is 8.70. The summed E-state index contributed by atoms with van der Waals surface area (Å²) in [6, 6.07) is 5.75. The van der Waals surface area contributed by atoms with Crippen molar-refractivity contribution in [3.8, 4) is 10.6 Å². The van der Waals surface area contributed by atoms with Gasteiger partial charge in [0.1, 0.15) is 5.01 Å². The highest BCUT2D eigenvalue weighted by Crippen LogP contribution is 2.22. The summed E-state index contributed by atoms with van der Waals surface area (Å²) in [7, 11) is 0. The molecule has 1 amide bonds. The lowest BCUT2D eigenvalue weighted by molar-refractivity contribution is -0.124. The summed E-state index contributed by atoms with van der Waals surface area (Å²) < 4.78 is 1.77. The third kappa shape index (κ3) is 4.26. The summed E-state index contributed by atoms with van der Waals surface area (Å²) >= 11 is 1.61. The second kappa shape index (κ2) is 7.83. The van der Waals surface area contributed by atoms with Crippen molar-refractivity contribution < 1.29 is 4.79 Å². The first-order chi connectivity index (χ1) is 11.7. The van der Waals surface area contributed by atoms with Crippen LogP contribution in [0.4, 0.5) is 0 Å². The zero-order valence-corrected chi connectivity index (χ0v) is 14.2. The zero-order chi connectivity index (χ0) is 16.8. The predicted molar refractivity (Wildman–Crippen MR) is 93.4 cm³/mol. The highest BCUT2D eigenvalue weighted by atomic mass is 32.1. The third-order valence-electron chi connectivity index (χ3n) is 3.63. The average Bonchev–Trinajstić information content (AvgIpc) is 3.27. The fourth-order valence-electron chi connectivity index (χ4n) is 2.31. The molecule has 7 heteroatoms. The minimum atomic E-state index is -0.118. The van der Waals surface area contributed by atoms with Gasteiger partial charge in [-0.15, -0.1) is 11.3 Å². The molecule has 0 aromatic carbocycles. The molecule has 0 aliphatic heterocycles. The van der Waals surface area contributed by atoms with E-state index >= 15 is 0 Å². The second-order valence-corrected chi connectivity index (χ2v) is 6.41. The second-order valence-electron chi connectivity index (χ2n) is 5.55. The molecule has 1 atom stereocenters.